The van der Waals surface area contributed by atoms with Gasteiger partial charge in [0.2, 0.25) is 0 Å². The van der Waals surface area contributed by atoms with Crippen molar-refractivity contribution in [1.29, 1.82) is 0 Å². The molecule has 152 valence electrons. The highest BCUT2D eigenvalue weighted by molar-refractivity contribution is 6.32. The van der Waals surface area contributed by atoms with Gasteiger partial charge in [-0.1, -0.05) is 23.7 Å². The molecule has 1 amide bonds. The molecule has 1 atom stereocenters. The Hall–Kier alpha value is -3.06. The molecule has 0 bridgehead atoms. The van der Waals surface area contributed by atoms with Gasteiger partial charge in [0, 0.05) is 12.6 Å². The summed E-state index contributed by atoms with van der Waals surface area (Å²) < 4.78 is 12.5. The van der Waals surface area contributed by atoms with Crippen molar-refractivity contribution in [3.8, 4) is 17.2 Å². The molecule has 3 aromatic rings. The predicted molar refractivity (Wildman–Crippen MR) is 111 cm³/mol. The molecule has 29 heavy (non-hydrogen) atoms. The summed E-state index contributed by atoms with van der Waals surface area (Å²) in [5, 5.41) is 4.46. The minimum absolute atomic E-state index is 0.149. The monoisotopic (exact) mass is 414 g/mol. The number of hydrogen-bond donors (Lipinski definition) is 0. The van der Waals surface area contributed by atoms with Gasteiger partial charge in [0.25, 0.3) is 5.91 Å². The summed E-state index contributed by atoms with van der Waals surface area (Å²) in [4.78, 5) is 18.7. The van der Waals surface area contributed by atoms with Crippen LogP contribution in [0, 0.1) is 0 Å². The number of ether oxygens (including phenoxy) is 2. The van der Waals surface area contributed by atoms with Gasteiger partial charge < -0.3 is 14.4 Å². The van der Waals surface area contributed by atoms with E-state index in [0.29, 0.717) is 28.7 Å². The first-order valence-corrected chi connectivity index (χ1v) is 9.56. The lowest BCUT2D eigenvalue weighted by molar-refractivity contribution is 0.0742. The number of amides is 1. The Kier molecular flexibility index (Phi) is 6.39. The van der Waals surface area contributed by atoms with Crippen LogP contribution in [0.15, 0.2) is 49.1 Å². The summed E-state index contributed by atoms with van der Waals surface area (Å²) >= 11 is 6.31. The number of carbonyl (C=O) groups excluding carboxylic acids is 1. The van der Waals surface area contributed by atoms with Crippen molar-refractivity contribution in [3.05, 3.63) is 65.2 Å². The zero-order valence-corrected chi connectivity index (χ0v) is 17.6. The average Bonchev–Trinajstić information content (AvgIpc) is 3.28. The molecule has 1 heterocycles. The Labute approximate surface area is 174 Å². The van der Waals surface area contributed by atoms with Crippen LogP contribution >= 0.6 is 11.6 Å². The van der Waals surface area contributed by atoms with Gasteiger partial charge in [-0.05, 0) is 43.7 Å². The summed E-state index contributed by atoms with van der Waals surface area (Å²) in [7, 11) is 3.28. The molecule has 0 aliphatic rings. The number of benzene rings is 2. The van der Waals surface area contributed by atoms with E-state index in [1.165, 1.54) is 13.4 Å². The van der Waals surface area contributed by atoms with E-state index >= 15 is 0 Å². The van der Waals surface area contributed by atoms with Gasteiger partial charge in [0.05, 0.1) is 30.5 Å². The highest BCUT2D eigenvalue weighted by Gasteiger charge is 2.22. The van der Waals surface area contributed by atoms with Crippen LogP contribution in [0.4, 0.5) is 0 Å². The van der Waals surface area contributed by atoms with Crippen molar-refractivity contribution < 1.29 is 14.3 Å². The fraction of sp³-hybridized carbons (Fsp3) is 0.286. The molecule has 2 aromatic carbocycles. The zero-order valence-electron chi connectivity index (χ0n) is 16.8. The molecule has 0 aliphatic heterocycles. The fourth-order valence-electron chi connectivity index (χ4n) is 2.98. The number of rotatable bonds is 7. The van der Waals surface area contributed by atoms with Crippen LogP contribution in [-0.4, -0.2) is 46.3 Å². The molecule has 1 aromatic heterocycles. The van der Waals surface area contributed by atoms with Gasteiger partial charge in [-0.3, -0.25) is 4.79 Å². The van der Waals surface area contributed by atoms with Gasteiger partial charge in [-0.15, -0.1) is 0 Å². The summed E-state index contributed by atoms with van der Waals surface area (Å²) in [6.45, 7) is 4.28. The molecule has 0 aliphatic carbocycles. The van der Waals surface area contributed by atoms with Gasteiger partial charge >= 0.3 is 0 Å². The van der Waals surface area contributed by atoms with Crippen molar-refractivity contribution in [3.63, 3.8) is 0 Å². The standard InChI is InChI=1S/C21H23ClN4O3/c1-5-29-20-18(22)10-16(11-19(20)28-4)21(27)25(3)14(2)15-6-8-17(9-7-15)26-13-23-12-24-26/h6-14H,5H2,1-4H3/t14-/m0/s1. The van der Waals surface area contributed by atoms with Gasteiger partial charge in [0.1, 0.15) is 12.7 Å². The third-order valence-corrected chi connectivity index (χ3v) is 5.01. The zero-order chi connectivity index (χ0) is 21.0. The lowest BCUT2D eigenvalue weighted by atomic mass is 10.1. The van der Waals surface area contributed by atoms with Crippen LogP contribution in [0.3, 0.4) is 0 Å². The first-order chi connectivity index (χ1) is 14.0. The third kappa shape index (κ3) is 4.35. The third-order valence-electron chi connectivity index (χ3n) is 4.73. The number of methoxy groups -OCH3 is 1. The van der Waals surface area contributed by atoms with E-state index in [1.54, 1.807) is 35.1 Å². The Morgan fingerprint density at radius 1 is 1.28 bits per heavy atom. The summed E-state index contributed by atoms with van der Waals surface area (Å²) in [6.07, 6.45) is 3.12. The fourth-order valence-corrected chi connectivity index (χ4v) is 3.24. The SMILES string of the molecule is CCOc1c(Cl)cc(C(=O)N(C)[C@@H](C)c2ccc(-n3cncn3)cc2)cc1OC. The van der Waals surface area contributed by atoms with Crippen LogP contribution in [0.1, 0.15) is 35.8 Å². The molecule has 0 unspecified atom stereocenters. The molecule has 7 nitrogen and oxygen atoms in total. The van der Waals surface area contributed by atoms with E-state index in [4.69, 9.17) is 21.1 Å². The molecule has 0 radical (unpaired) electrons. The van der Waals surface area contributed by atoms with Crippen LogP contribution in [0.25, 0.3) is 5.69 Å². The van der Waals surface area contributed by atoms with Crippen molar-refractivity contribution in [2.45, 2.75) is 19.9 Å². The molecule has 0 saturated heterocycles. The highest BCUT2D eigenvalue weighted by Crippen LogP contribution is 2.37. The predicted octanol–water partition coefficient (Wildman–Crippen LogP) is 4.16. The van der Waals surface area contributed by atoms with Crippen LogP contribution < -0.4 is 9.47 Å². The van der Waals surface area contributed by atoms with Crippen molar-refractivity contribution in [2.24, 2.45) is 0 Å². The topological polar surface area (TPSA) is 69.5 Å². The lowest BCUT2D eigenvalue weighted by Crippen LogP contribution is -2.29. The second-order valence-corrected chi connectivity index (χ2v) is 6.85. The van der Waals surface area contributed by atoms with Crippen molar-refractivity contribution >= 4 is 17.5 Å². The van der Waals surface area contributed by atoms with E-state index in [2.05, 4.69) is 10.1 Å². The van der Waals surface area contributed by atoms with Crippen LogP contribution in [0.5, 0.6) is 11.5 Å². The number of halogens is 1. The number of aromatic nitrogens is 3. The second kappa shape index (κ2) is 8.96. The summed E-state index contributed by atoms with van der Waals surface area (Å²) in [5.41, 5.74) is 2.33. The molecular weight excluding hydrogens is 392 g/mol. The maximum atomic E-state index is 13.1. The van der Waals surface area contributed by atoms with E-state index in [1.807, 2.05) is 38.1 Å². The van der Waals surface area contributed by atoms with Crippen LogP contribution in [-0.2, 0) is 0 Å². The maximum Gasteiger partial charge on any atom is 0.254 e. The van der Waals surface area contributed by atoms with Gasteiger partial charge in [-0.25, -0.2) is 9.67 Å². The Balaban J connectivity index is 1.81. The smallest absolute Gasteiger partial charge is 0.254 e. The first kappa shape index (κ1) is 20.7. The van der Waals surface area contributed by atoms with E-state index in [0.717, 1.165) is 11.3 Å². The molecule has 0 spiro atoms. The molecule has 0 saturated carbocycles. The van der Waals surface area contributed by atoms with Crippen molar-refractivity contribution in [2.75, 3.05) is 20.8 Å². The molecule has 8 heteroatoms. The Morgan fingerprint density at radius 2 is 2.00 bits per heavy atom. The average molecular weight is 415 g/mol. The van der Waals surface area contributed by atoms with Crippen LogP contribution in [0.2, 0.25) is 5.02 Å². The molecule has 3 rings (SSSR count). The Bertz CT molecular complexity index is 974. The van der Waals surface area contributed by atoms with E-state index < -0.39 is 0 Å². The maximum absolute atomic E-state index is 13.1. The summed E-state index contributed by atoms with van der Waals surface area (Å²) in [6, 6.07) is 10.9. The van der Waals surface area contributed by atoms with Crippen molar-refractivity contribution in [1.82, 2.24) is 19.7 Å². The van der Waals surface area contributed by atoms with Gasteiger partial charge in [-0.2, -0.15) is 5.10 Å². The Morgan fingerprint density at radius 3 is 2.59 bits per heavy atom. The number of carbonyl (C=O) groups is 1. The van der Waals surface area contributed by atoms with E-state index in [9.17, 15) is 4.79 Å². The first-order valence-electron chi connectivity index (χ1n) is 9.18. The minimum Gasteiger partial charge on any atom is -0.493 e. The quantitative estimate of drug-likeness (QED) is 0.580. The molecule has 0 fully saturated rings. The molecule has 0 N–H and O–H groups in total. The second-order valence-electron chi connectivity index (χ2n) is 6.45. The number of nitrogens with zero attached hydrogens (tertiary/aromatic N) is 4. The van der Waals surface area contributed by atoms with E-state index in [-0.39, 0.29) is 11.9 Å². The summed E-state index contributed by atoms with van der Waals surface area (Å²) in [5.74, 6) is 0.703. The minimum atomic E-state index is -0.166. The highest BCUT2D eigenvalue weighted by atomic mass is 35.5. The number of hydrogen-bond acceptors (Lipinski definition) is 5. The molecular formula is C21H23ClN4O3. The van der Waals surface area contributed by atoms with Gasteiger partial charge in [0.15, 0.2) is 11.5 Å². The normalized spacial score (nSPS) is 11.8. The largest absolute Gasteiger partial charge is 0.493 e. The lowest BCUT2D eigenvalue weighted by Gasteiger charge is -2.26.